The van der Waals surface area contributed by atoms with Crippen molar-refractivity contribution in [2.75, 3.05) is 6.54 Å². The van der Waals surface area contributed by atoms with E-state index >= 15 is 0 Å². The highest BCUT2D eigenvalue weighted by Gasteiger charge is 2.26. The van der Waals surface area contributed by atoms with Crippen LogP contribution in [0.4, 0.5) is 10.1 Å². The summed E-state index contributed by atoms with van der Waals surface area (Å²) < 4.78 is 46.7. The molecule has 3 rings (SSSR count). The minimum absolute atomic E-state index is 0.132. The standard InChI is InChI=1S/C21H19FN2O5S/c22-18-12-10-16(11-13-18)15-29-20(17-6-2-1-3-7-17)14-23-30(27,28)21-9-5-4-8-19(21)24(25)26/h1-13,20,23H,14-15H2. The lowest BCUT2D eigenvalue weighted by Crippen LogP contribution is -2.30. The molecule has 0 spiro atoms. The van der Waals surface area contributed by atoms with Gasteiger partial charge in [0, 0.05) is 12.6 Å². The Morgan fingerprint density at radius 2 is 1.60 bits per heavy atom. The smallest absolute Gasteiger partial charge is 0.289 e. The highest BCUT2D eigenvalue weighted by atomic mass is 32.2. The Balaban J connectivity index is 1.78. The number of nitrogens with zero attached hydrogens (tertiary/aromatic N) is 1. The molecule has 156 valence electrons. The molecule has 0 bridgehead atoms. The van der Waals surface area contributed by atoms with Crippen molar-refractivity contribution in [1.82, 2.24) is 4.72 Å². The van der Waals surface area contributed by atoms with Crippen LogP contribution in [0.25, 0.3) is 0 Å². The molecule has 0 radical (unpaired) electrons. The lowest BCUT2D eigenvalue weighted by Gasteiger charge is -2.19. The Bertz CT molecular complexity index is 1110. The average molecular weight is 430 g/mol. The number of nitro groups is 1. The van der Waals surface area contributed by atoms with Crippen LogP contribution in [0.15, 0.2) is 83.8 Å². The fourth-order valence-corrected chi connectivity index (χ4v) is 4.02. The number of nitrogens with one attached hydrogen (secondary N) is 1. The number of nitro benzene ring substituents is 1. The van der Waals surface area contributed by atoms with Crippen LogP contribution in [-0.2, 0) is 21.4 Å². The van der Waals surface area contributed by atoms with Gasteiger partial charge in [-0.1, -0.05) is 54.6 Å². The lowest BCUT2D eigenvalue weighted by molar-refractivity contribution is -0.387. The second-order valence-electron chi connectivity index (χ2n) is 6.41. The molecule has 1 atom stereocenters. The SMILES string of the molecule is O=[N+]([O-])c1ccccc1S(=O)(=O)NCC(OCc1ccc(F)cc1)c1ccccc1. The number of hydrogen-bond acceptors (Lipinski definition) is 5. The van der Waals surface area contributed by atoms with Crippen molar-refractivity contribution in [2.45, 2.75) is 17.6 Å². The van der Waals surface area contributed by atoms with E-state index in [1.807, 2.05) is 6.07 Å². The zero-order valence-electron chi connectivity index (χ0n) is 15.8. The van der Waals surface area contributed by atoms with Crippen LogP contribution in [0.1, 0.15) is 17.2 Å². The summed E-state index contributed by atoms with van der Waals surface area (Å²) in [6, 6.07) is 19.9. The molecule has 0 fully saturated rings. The van der Waals surface area contributed by atoms with Crippen LogP contribution in [0.3, 0.4) is 0 Å². The summed E-state index contributed by atoms with van der Waals surface area (Å²) in [5.74, 6) is -0.365. The largest absolute Gasteiger partial charge is 0.367 e. The molecule has 3 aromatic carbocycles. The second kappa shape index (κ2) is 9.57. The van der Waals surface area contributed by atoms with Gasteiger partial charge in [-0.3, -0.25) is 10.1 Å². The number of sulfonamides is 1. The van der Waals surface area contributed by atoms with E-state index in [-0.39, 0.29) is 19.0 Å². The molecular weight excluding hydrogens is 411 g/mol. The zero-order chi connectivity index (χ0) is 21.6. The third-order valence-corrected chi connectivity index (χ3v) is 5.82. The molecule has 9 heteroatoms. The first kappa shape index (κ1) is 21.6. The van der Waals surface area contributed by atoms with Crippen LogP contribution in [0.5, 0.6) is 0 Å². The Hall–Kier alpha value is -3.14. The summed E-state index contributed by atoms with van der Waals surface area (Å²) in [5, 5.41) is 11.2. The minimum Gasteiger partial charge on any atom is -0.367 e. The van der Waals surface area contributed by atoms with Crippen LogP contribution < -0.4 is 4.72 Å². The molecule has 0 amide bonds. The Kier molecular flexibility index (Phi) is 6.88. The van der Waals surface area contributed by atoms with Crippen molar-refractivity contribution >= 4 is 15.7 Å². The maximum atomic E-state index is 13.1. The van der Waals surface area contributed by atoms with E-state index in [1.165, 1.54) is 30.3 Å². The van der Waals surface area contributed by atoms with Crippen LogP contribution in [-0.4, -0.2) is 19.9 Å². The zero-order valence-corrected chi connectivity index (χ0v) is 16.6. The number of hydrogen-bond donors (Lipinski definition) is 1. The van der Waals surface area contributed by atoms with Gasteiger partial charge in [0.2, 0.25) is 10.0 Å². The fourth-order valence-electron chi connectivity index (χ4n) is 2.82. The van der Waals surface area contributed by atoms with Gasteiger partial charge in [-0.15, -0.1) is 0 Å². The van der Waals surface area contributed by atoms with Crippen molar-refractivity contribution in [2.24, 2.45) is 0 Å². The summed E-state index contributed by atoms with van der Waals surface area (Å²) in [6.45, 7) is -0.00730. The van der Waals surface area contributed by atoms with E-state index in [4.69, 9.17) is 4.74 Å². The lowest BCUT2D eigenvalue weighted by atomic mass is 10.1. The average Bonchev–Trinajstić information content (AvgIpc) is 2.75. The monoisotopic (exact) mass is 430 g/mol. The van der Waals surface area contributed by atoms with E-state index in [2.05, 4.69) is 4.72 Å². The maximum Gasteiger partial charge on any atom is 0.289 e. The molecule has 0 aliphatic heterocycles. The molecule has 0 heterocycles. The normalized spacial score (nSPS) is 12.4. The number of ether oxygens (including phenoxy) is 1. The van der Waals surface area contributed by atoms with Crippen molar-refractivity contribution in [3.63, 3.8) is 0 Å². The fraction of sp³-hybridized carbons (Fsp3) is 0.143. The summed E-state index contributed by atoms with van der Waals surface area (Å²) in [4.78, 5) is 10.0. The summed E-state index contributed by atoms with van der Waals surface area (Å²) in [7, 11) is -4.15. The van der Waals surface area contributed by atoms with Gasteiger partial charge < -0.3 is 4.74 Å². The van der Waals surface area contributed by atoms with Gasteiger partial charge in [-0.05, 0) is 29.3 Å². The third-order valence-electron chi connectivity index (χ3n) is 4.35. The van der Waals surface area contributed by atoms with Gasteiger partial charge in [-0.25, -0.2) is 17.5 Å². The molecule has 1 N–H and O–H groups in total. The van der Waals surface area contributed by atoms with Crippen LogP contribution in [0, 0.1) is 15.9 Å². The van der Waals surface area contributed by atoms with Crippen molar-refractivity contribution < 1.29 is 22.5 Å². The van der Waals surface area contributed by atoms with Gasteiger partial charge in [0.05, 0.1) is 17.6 Å². The number of benzene rings is 3. The first-order valence-electron chi connectivity index (χ1n) is 9.01. The van der Waals surface area contributed by atoms with Gasteiger partial charge in [0.15, 0.2) is 4.90 Å². The highest BCUT2D eigenvalue weighted by molar-refractivity contribution is 7.89. The van der Waals surface area contributed by atoms with E-state index in [0.717, 1.165) is 17.2 Å². The molecule has 0 saturated carbocycles. The minimum atomic E-state index is -4.15. The van der Waals surface area contributed by atoms with E-state index in [1.54, 1.807) is 36.4 Å². The number of rotatable bonds is 9. The molecule has 3 aromatic rings. The molecule has 0 saturated heterocycles. The quantitative estimate of drug-likeness (QED) is 0.409. The molecule has 0 aliphatic carbocycles. The maximum absolute atomic E-state index is 13.1. The Morgan fingerprint density at radius 3 is 2.27 bits per heavy atom. The Morgan fingerprint density at radius 1 is 0.967 bits per heavy atom. The van der Waals surface area contributed by atoms with Crippen LogP contribution >= 0.6 is 0 Å². The third kappa shape index (κ3) is 5.47. The van der Waals surface area contributed by atoms with E-state index < -0.39 is 31.6 Å². The van der Waals surface area contributed by atoms with Gasteiger partial charge in [0.1, 0.15) is 5.82 Å². The van der Waals surface area contributed by atoms with Gasteiger partial charge >= 0.3 is 0 Å². The summed E-state index contributed by atoms with van der Waals surface area (Å²) in [5.41, 5.74) is 0.942. The second-order valence-corrected chi connectivity index (χ2v) is 8.15. The molecule has 7 nitrogen and oxygen atoms in total. The van der Waals surface area contributed by atoms with Crippen molar-refractivity contribution in [3.8, 4) is 0 Å². The first-order chi connectivity index (χ1) is 14.4. The Labute approximate surface area is 173 Å². The topological polar surface area (TPSA) is 98.5 Å². The predicted octanol–water partition coefficient (Wildman–Crippen LogP) is 3.97. The van der Waals surface area contributed by atoms with Gasteiger partial charge in [-0.2, -0.15) is 0 Å². The number of para-hydroxylation sites is 1. The predicted molar refractivity (Wildman–Crippen MR) is 109 cm³/mol. The molecular formula is C21H19FN2O5S. The molecule has 0 aromatic heterocycles. The van der Waals surface area contributed by atoms with E-state index in [0.29, 0.717) is 0 Å². The summed E-state index contributed by atoms with van der Waals surface area (Å²) in [6.07, 6.45) is -0.659. The first-order valence-corrected chi connectivity index (χ1v) is 10.5. The van der Waals surface area contributed by atoms with Crippen LogP contribution in [0.2, 0.25) is 0 Å². The van der Waals surface area contributed by atoms with E-state index in [9.17, 15) is 22.9 Å². The molecule has 30 heavy (non-hydrogen) atoms. The van der Waals surface area contributed by atoms with Crippen molar-refractivity contribution in [3.05, 3.63) is 106 Å². The molecule has 0 aliphatic rings. The van der Waals surface area contributed by atoms with Gasteiger partial charge in [0.25, 0.3) is 5.69 Å². The number of halogens is 1. The highest BCUT2D eigenvalue weighted by Crippen LogP contribution is 2.24. The molecule has 1 unspecified atom stereocenters. The summed E-state index contributed by atoms with van der Waals surface area (Å²) >= 11 is 0. The van der Waals surface area contributed by atoms with Crippen molar-refractivity contribution in [1.29, 1.82) is 0 Å².